The molecule has 0 unspecified atom stereocenters. The lowest BCUT2D eigenvalue weighted by atomic mass is 9.88. The van der Waals surface area contributed by atoms with Crippen molar-refractivity contribution in [2.75, 3.05) is 20.8 Å². The van der Waals surface area contributed by atoms with Crippen LogP contribution in [0.2, 0.25) is 0 Å². The third kappa shape index (κ3) is 4.06. The lowest BCUT2D eigenvalue weighted by molar-refractivity contribution is -0.296. The lowest BCUT2D eigenvalue weighted by Gasteiger charge is -2.42. The summed E-state index contributed by atoms with van der Waals surface area (Å²) in [7, 11) is 2.97. The van der Waals surface area contributed by atoms with E-state index in [9.17, 15) is 29.2 Å². The normalized spacial score (nSPS) is 25.7. The van der Waals surface area contributed by atoms with E-state index < -0.39 is 36.9 Å². The number of ether oxygens (including phenoxy) is 3. The van der Waals surface area contributed by atoms with E-state index >= 15 is 0 Å². The van der Waals surface area contributed by atoms with Crippen molar-refractivity contribution in [1.29, 1.82) is 0 Å². The Kier molecular flexibility index (Phi) is 6.47. The van der Waals surface area contributed by atoms with Crippen LogP contribution in [0, 0.1) is 0 Å². The molecule has 0 aromatic heterocycles. The first-order valence-corrected chi connectivity index (χ1v) is 9.25. The maximum Gasteiger partial charge on any atom is 0.303 e. The van der Waals surface area contributed by atoms with E-state index in [1.54, 1.807) is 19.2 Å². The zero-order valence-electron chi connectivity index (χ0n) is 16.5. The number of aliphatic hydroxyl groups excluding tert-OH is 3. The Morgan fingerprint density at radius 3 is 2.30 bits per heavy atom. The van der Waals surface area contributed by atoms with Crippen LogP contribution in [0.5, 0.6) is 17.2 Å². The van der Waals surface area contributed by atoms with Crippen molar-refractivity contribution in [3.63, 3.8) is 0 Å². The molecular formula is C21H24F2O7. The molecule has 2 aromatic carbocycles. The number of phenolic OH excluding ortho intramolecular Hbond substituents is 1. The van der Waals surface area contributed by atoms with Crippen molar-refractivity contribution in [1.82, 2.24) is 0 Å². The van der Waals surface area contributed by atoms with Crippen molar-refractivity contribution in [2.45, 2.75) is 36.8 Å². The third-order valence-electron chi connectivity index (χ3n) is 5.22. The largest absolute Gasteiger partial charge is 0.507 e. The standard InChI is InChI=1S/C21H24F2O7/c1-28-13-5-3-11(4-6-13)7-12-8-14(15(25)9-16(12)29-2)19-18(26)20(27)21(22,23)17(10-24)30-19/h3-6,8-9,17-20,24-27H,7,10H2,1-2H3/t17-,18+,19+,20-/m1/s1. The quantitative estimate of drug-likeness (QED) is 0.558. The molecule has 1 aliphatic heterocycles. The van der Waals surface area contributed by atoms with Gasteiger partial charge in [0.25, 0.3) is 0 Å². The van der Waals surface area contributed by atoms with E-state index in [0.717, 1.165) is 5.56 Å². The van der Waals surface area contributed by atoms with Crippen LogP contribution in [0.4, 0.5) is 8.78 Å². The molecule has 0 aliphatic carbocycles. The smallest absolute Gasteiger partial charge is 0.303 e. The first-order valence-electron chi connectivity index (χ1n) is 9.25. The van der Waals surface area contributed by atoms with Crippen molar-refractivity contribution >= 4 is 0 Å². The van der Waals surface area contributed by atoms with Gasteiger partial charge in [-0.25, -0.2) is 8.78 Å². The minimum absolute atomic E-state index is 0.000174. The van der Waals surface area contributed by atoms with E-state index in [4.69, 9.17) is 14.2 Å². The Morgan fingerprint density at radius 1 is 1.07 bits per heavy atom. The van der Waals surface area contributed by atoms with Crippen molar-refractivity contribution in [3.8, 4) is 17.2 Å². The molecule has 0 saturated carbocycles. The van der Waals surface area contributed by atoms with Gasteiger partial charge in [-0.15, -0.1) is 0 Å². The number of phenols is 1. The number of aliphatic hydroxyl groups is 3. The number of alkyl halides is 2. The number of benzene rings is 2. The first-order chi connectivity index (χ1) is 14.2. The highest BCUT2D eigenvalue weighted by molar-refractivity contribution is 5.49. The fourth-order valence-electron chi connectivity index (χ4n) is 3.51. The van der Waals surface area contributed by atoms with Crippen LogP contribution in [0.15, 0.2) is 36.4 Å². The minimum Gasteiger partial charge on any atom is -0.507 e. The molecule has 0 bridgehead atoms. The summed E-state index contributed by atoms with van der Waals surface area (Å²) < 4.78 is 43.7. The van der Waals surface area contributed by atoms with Crippen molar-refractivity contribution < 1.29 is 43.4 Å². The highest BCUT2D eigenvalue weighted by Gasteiger charge is 2.57. The van der Waals surface area contributed by atoms with Gasteiger partial charge in [0.2, 0.25) is 0 Å². The third-order valence-corrected chi connectivity index (χ3v) is 5.22. The van der Waals surface area contributed by atoms with Crippen molar-refractivity contribution in [2.24, 2.45) is 0 Å². The van der Waals surface area contributed by atoms with Gasteiger partial charge >= 0.3 is 5.92 Å². The molecule has 1 heterocycles. The molecule has 1 saturated heterocycles. The van der Waals surface area contributed by atoms with Gasteiger partial charge in [0, 0.05) is 18.1 Å². The second kappa shape index (κ2) is 8.73. The van der Waals surface area contributed by atoms with Gasteiger partial charge in [-0.05, 0) is 29.3 Å². The molecule has 0 spiro atoms. The molecule has 2 aromatic rings. The molecule has 4 N–H and O–H groups in total. The molecule has 4 atom stereocenters. The first kappa shape index (κ1) is 22.2. The zero-order chi connectivity index (χ0) is 22.1. The Balaban J connectivity index is 1.97. The minimum atomic E-state index is -3.85. The van der Waals surface area contributed by atoms with Gasteiger partial charge in [0.05, 0.1) is 20.8 Å². The Labute approximate surface area is 172 Å². The highest BCUT2D eigenvalue weighted by atomic mass is 19.3. The van der Waals surface area contributed by atoms with Gasteiger partial charge in [0.1, 0.15) is 41.7 Å². The highest BCUT2D eigenvalue weighted by Crippen LogP contribution is 2.44. The number of aromatic hydroxyl groups is 1. The predicted molar refractivity (Wildman–Crippen MR) is 102 cm³/mol. The molecule has 1 aliphatic rings. The van der Waals surface area contributed by atoms with Gasteiger partial charge in [-0.2, -0.15) is 0 Å². The zero-order valence-corrected chi connectivity index (χ0v) is 16.5. The summed E-state index contributed by atoms with van der Waals surface area (Å²) in [6.45, 7) is -1.07. The summed E-state index contributed by atoms with van der Waals surface area (Å²) in [6, 6.07) is 9.99. The Bertz CT molecular complexity index is 868. The summed E-state index contributed by atoms with van der Waals surface area (Å²) in [5.41, 5.74) is 1.48. The van der Waals surface area contributed by atoms with E-state index in [1.807, 2.05) is 12.1 Å². The molecular weight excluding hydrogens is 402 g/mol. The van der Waals surface area contributed by atoms with Gasteiger partial charge in [-0.1, -0.05) is 12.1 Å². The summed E-state index contributed by atoms with van der Waals surface area (Å²) in [5, 5.41) is 39.8. The molecule has 7 nitrogen and oxygen atoms in total. The van der Waals surface area contributed by atoms with E-state index in [-0.39, 0.29) is 11.3 Å². The SMILES string of the molecule is COc1ccc(Cc2cc([C@@H]3O[C@H](CO)C(F)(F)[C@H](O)[C@H]3O)c(O)cc2OC)cc1. The van der Waals surface area contributed by atoms with Crippen LogP contribution < -0.4 is 9.47 Å². The summed E-state index contributed by atoms with van der Waals surface area (Å²) >= 11 is 0. The van der Waals surface area contributed by atoms with Gasteiger partial charge in [-0.3, -0.25) is 0 Å². The average Bonchev–Trinajstić information content (AvgIpc) is 2.74. The van der Waals surface area contributed by atoms with Gasteiger partial charge < -0.3 is 34.6 Å². The van der Waals surface area contributed by atoms with E-state index in [1.165, 1.54) is 19.2 Å². The van der Waals surface area contributed by atoms with Gasteiger partial charge in [0.15, 0.2) is 0 Å². The second-order valence-electron chi connectivity index (χ2n) is 7.09. The summed E-state index contributed by atoms with van der Waals surface area (Å²) in [4.78, 5) is 0. The van der Waals surface area contributed by atoms with E-state index in [0.29, 0.717) is 23.5 Å². The maximum atomic E-state index is 14.1. The van der Waals surface area contributed by atoms with Crippen molar-refractivity contribution in [3.05, 3.63) is 53.1 Å². The molecule has 0 radical (unpaired) electrons. The van der Waals surface area contributed by atoms with Crippen LogP contribution in [0.25, 0.3) is 0 Å². The van der Waals surface area contributed by atoms with Crippen LogP contribution >= 0.6 is 0 Å². The second-order valence-corrected chi connectivity index (χ2v) is 7.09. The van der Waals surface area contributed by atoms with Crippen LogP contribution in [-0.2, 0) is 11.2 Å². The predicted octanol–water partition coefficient (Wildman–Crippen LogP) is 1.79. The number of hydrogen-bond acceptors (Lipinski definition) is 7. The summed E-state index contributed by atoms with van der Waals surface area (Å²) in [6.07, 6.45) is -7.63. The molecule has 1 fully saturated rings. The fourth-order valence-corrected chi connectivity index (χ4v) is 3.51. The lowest BCUT2D eigenvalue weighted by Crippen LogP contribution is -2.59. The average molecular weight is 426 g/mol. The molecule has 9 heteroatoms. The Hall–Kier alpha value is -2.46. The van der Waals surface area contributed by atoms with Crippen LogP contribution in [0.1, 0.15) is 22.8 Å². The molecule has 30 heavy (non-hydrogen) atoms. The Morgan fingerprint density at radius 2 is 1.73 bits per heavy atom. The molecule has 164 valence electrons. The maximum absolute atomic E-state index is 14.1. The monoisotopic (exact) mass is 426 g/mol. The topological polar surface area (TPSA) is 109 Å². The van der Waals surface area contributed by atoms with Crippen LogP contribution in [-0.4, -0.2) is 65.5 Å². The van der Waals surface area contributed by atoms with E-state index in [2.05, 4.69) is 0 Å². The number of rotatable bonds is 6. The summed E-state index contributed by atoms with van der Waals surface area (Å²) in [5.74, 6) is -3.18. The van der Waals surface area contributed by atoms with Crippen LogP contribution in [0.3, 0.4) is 0 Å². The number of methoxy groups -OCH3 is 2. The number of hydrogen-bond donors (Lipinski definition) is 4. The number of halogens is 2. The molecule has 0 amide bonds. The molecule has 3 rings (SSSR count). The fraction of sp³-hybridized carbons (Fsp3) is 0.429.